The predicted molar refractivity (Wildman–Crippen MR) is 83.2 cm³/mol. The van der Waals surface area contributed by atoms with Crippen LogP contribution in [0, 0.1) is 3.57 Å². The fraction of sp³-hybridized carbons (Fsp3) is 0.286. The summed E-state index contributed by atoms with van der Waals surface area (Å²) in [6, 6.07) is 12.0. The Morgan fingerprint density at radius 1 is 1.21 bits per heavy atom. The largest absolute Gasteiger partial charge is 0.437 e. The van der Waals surface area contributed by atoms with Gasteiger partial charge in [-0.1, -0.05) is 19.9 Å². The maximum Gasteiger partial charge on any atom is 0.238 e. The minimum absolute atomic E-state index is 0.434. The Bertz CT molecular complexity index is 528. The summed E-state index contributed by atoms with van der Waals surface area (Å²) in [7, 11) is 0. The van der Waals surface area contributed by atoms with E-state index >= 15 is 0 Å². The number of aromatic nitrogens is 2. The molecule has 4 nitrogen and oxygen atoms in total. The van der Waals surface area contributed by atoms with Crippen LogP contribution in [-0.2, 0) is 6.54 Å². The number of hydrogen-bond acceptors (Lipinski definition) is 4. The van der Waals surface area contributed by atoms with Crippen LogP contribution in [0.25, 0.3) is 0 Å². The summed E-state index contributed by atoms with van der Waals surface area (Å²) in [4.78, 5) is 0. The SMILES string of the molecule is CC(C)NCc1ccc(Oc2cccc(I)c2)nn1. The summed E-state index contributed by atoms with van der Waals surface area (Å²) in [5.41, 5.74) is 0.906. The molecule has 1 N–H and O–H groups in total. The second-order valence-corrected chi connectivity index (χ2v) is 5.70. The number of halogens is 1. The van der Waals surface area contributed by atoms with Gasteiger partial charge in [-0.3, -0.25) is 0 Å². The quantitative estimate of drug-likeness (QED) is 0.821. The molecule has 0 spiro atoms. The first-order chi connectivity index (χ1) is 9.13. The van der Waals surface area contributed by atoms with Crippen molar-refractivity contribution < 1.29 is 4.74 Å². The van der Waals surface area contributed by atoms with Crippen molar-refractivity contribution in [2.45, 2.75) is 26.4 Å². The molecule has 2 rings (SSSR count). The highest BCUT2D eigenvalue weighted by Gasteiger charge is 2.02. The molecule has 0 radical (unpaired) electrons. The highest BCUT2D eigenvalue weighted by Crippen LogP contribution is 2.20. The number of nitrogens with zero attached hydrogens (tertiary/aromatic N) is 2. The minimum Gasteiger partial charge on any atom is -0.437 e. The Morgan fingerprint density at radius 3 is 2.68 bits per heavy atom. The first-order valence-corrected chi connectivity index (χ1v) is 7.21. The molecule has 0 aliphatic heterocycles. The second-order valence-electron chi connectivity index (χ2n) is 4.46. The van der Waals surface area contributed by atoms with E-state index in [4.69, 9.17) is 4.74 Å². The third kappa shape index (κ3) is 4.76. The van der Waals surface area contributed by atoms with Crippen LogP contribution in [0.15, 0.2) is 36.4 Å². The lowest BCUT2D eigenvalue weighted by Crippen LogP contribution is -2.22. The molecule has 1 heterocycles. The Kier molecular flexibility index (Phi) is 5.09. The smallest absolute Gasteiger partial charge is 0.238 e. The van der Waals surface area contributed by atoms with Crippen LogP contribution in [0.4, 0.5) is 0 Å². The predicted octanol–water partition coefficient (Wildman–Crippen LogP) is 3.37. The standard InChI is InChI=1S/C14H16IN3O/c1-10(2)16-9-12-6-7-14(18-17-12)19-13-5-3-4-11(15)8-13/h3-8,10,16H,9H2,1-2H3. The lowest BCUT2D eigenvalue weighted by Gasteiger charge is -2.08. The number of benzene rings is 1. The Balaban J connectivity index is 1.98. The summed E-state index contributed by atoms with van der Waals surface area (Å²) in [6.45, 7) is 4.91. The molecule has 1 aromatic heterocycles. The summed E-state index contributed by atoms with van der Waals surface area (Å²) in [5, 5.41) is 11.5. The molecule has 0 bridgehead atoms. The number of ether oxygens (including phenoxy) is 1. The fourth-order valence-corrected chi connectivity index (χ4v) is 1.97. The zero-order chi connectivity index (χ0) is 13.7. The number of nitrogens with one attached hydrogen (secondary N) is 1. The van der Waals surface area contributed by atoms with Gasteiger partial charge in [-0.05, 0) is 46.9 Å². The van der Waals surface area contributed by atoms with E-state index in [1.807, 2.05) is 36.4 Å². The minimum atomic E-state index is 0.434. The van der Waals surface area contributed by atoms with Crippen molar-refractivity contribution >= 4 is 22.6 Å². The van der Waals surface area contributed by atoms with E-state index in [1.54, 1.807) is 0 Å². The molecule has 0 fully saturated rings. The van der Waals surface area contributed by atoms with Crippen molar-refractivity contribution in [1.29, 1.82) is 0 Å². The van der Waals surface area contributed by atoms with Crippen molar-refractivity contribution in [3.8, 4) is 11.6 Å². The normalized spacial score (nSPS) is 10.7. The second kappa shape index (κ2) is 6.81. The first kappa shape index (κ1) is 14.2. The van der Waals surface area contributed by atoms with E-state index in [0.29, 0.717) is 18.5 Å². The molecule has 0 aliphatic rings. The molecular formula is C14H16IN3O. The molecule has 0 aliphatic carbocycles. The Labute approximate surface area is 126 Å². The highest BCUT2D eigenvalue weighted by molar-refractivity contribution is 14.1. The van der Waals surface area contributed by atoms with Gasteiger partial charge in [0, 0.05) is 22.2 Å². The maximum absolute atomic E-state index is 5.64. The van der Waals surface area contributed by atoms with Gasteiger partial charge in [0.25, 0.3) is 0 Å². The van der Waals surface area contributed by atoms with Gasteiger partial charge in [0.05, 0.1) is 5.69 Å². The van der Waals surface area contributed by atoms with Crippen LogP contribution in [-0.4, -0.2) is 16.2 Å². The summed E-state index contributed by atoms with van der Waals surface area (Å²) in [6.07, 6.45) is 0. The van der Waals surface area contributed by atoms with Gasteiger partial charge in [-0.15, -0.1) is 5.10 Å². The lowest BCUT2D eigenvalue weighted by molar-refractivity contribution is 0.452. The summed E-state index contributed by atoms with van der Waals surface area (Å²) < 4.78 is 6.77. The lowest BCUT2D eigenvalue weighted by atomic mass is 10.3. The average Bonchev–Trinajstić information content (AvgIpc) is 2.38. The third-order valence-corrected chi connectivity index (χ3v) is 3.08. The van der Waals surface area contributed by atoms with Crippen molar-refractivity contribution in [2.75, 3.05) is 0 Å². The van der Waals surface area contributed by atoms with E-state index in [0.717, 1.165) is 15.0 Å². The van der Waals surface area contributed by atoms with Gasteiger partial charge in [0.2, 0.25) is 5.88 Å². The molecule has 0 atom stereocenters. The van der Waals surface area contributed by atoms with Gasteiger partial charge in [0.1, 0.15) is 5.75 Å². The van der Waals surface area contributed by atoms with Gasteiger partial charge < -0.3 is 10.1 Å². The fourth-order valence-electron chi connectivity index (χ4n) is 1.46. The van der Waals surface area contributed by atoms with E-state index in [1.165, 1.54) is 0 Å². The van der Waals surface area contributed by atoms with E-state index < -0.39 is 0 Å². The first-order valence-electron chi connectivity index (χ1n) is 6.13. The van der Waals surface area contributed by atoms with Crippen LogP contribution in [0.5, 0.6) is 11.6 Å². The van der Waals surface area contributed by atoms with E-state index in [9.17, 15) is 0 Å². The maximum atomic E-state index is 5.64. The van der Waals surface area contributed by atoms with Crippen molar-refractivity contribution in [1.82, 2.24) is 15.5 Å². The van der Waals surface area contributed by atoms with Crippen molar-refractivity contribution in [2.24, 2.45) is 0 Å². The van der Waals surface area contributed by atoms with Crippen LogP contribution < -0.4 is 10.1 Å². The van der Waals surface area contributed by atoms with Crippen LogP contribution in [0.2, 0.25) is 0 Å². The molecule has 0 saturated carbocycles. The Morgan fingerprint density at radius 2 is 2.05 bits per heavy atom. The molecule has 0 saturated heterocycles. The van der Waals surface area contributed by atoms with Crippen LogP contribution in [0.1, 0.15) is 19.5 Å². The average molecular weight is 369 g/mol. The molecule has 0 unspecified atom stereocenters. The topological polar surface area (TPSA) is 47.0 Å². The van der Waals surface area contributed by atoms with Crippen LogP contribution in [0.3, 0.4) is 0 Å². The number of hydrogen-bond donors (Lipinski definition) is 1. The Hall–Kier alpha value is -1.21. The number of rotatable bonds is 5. The molecule has 2 aromatic rings. The highest BCUT2D eigenvalue weighted by atomic mass is 127. The molecule has 5 heteroatoms. The summed E-state index contributed by atoms with van der Waals surface area (Å²) >= 11 is 2.25. The van der Waals surface area contributed by atoms with Gasteiger partial charge >= 0.3 is 0 Å². The third-order valence-electron chi connectivity index (χ3n) is 2.41. The zero-order valence-corrected chi connectivity index (χ0v) is 13.1. The molecule has 19 heavy (non-hydrogen) atoms. The monoisotopic (exact) mass is 369 g/mol. The zero-order valence-electron chi connectivity index (χ0n) is 10.9. The molecule has 100 valence electrons. The van der Waals surface area contributed by atoms with Crippen molar-refractivity contribution in [3.05, 3.63) is 45.7 Å². The van der Waals surface area contributed by atoms with Crippen LogP contribution >= 0.6 is 22.6 Å². The van der Waals surface area contributed by atoms with Gasteiger partial charge in [0.15, 0.2) is 0 Å². The van der Waals surface area contributed by atoms with E-state index in [-0.39, 0.29) is 0 Å². The van der Waals surface area contributed by atoms with Gasteiger partial charge in [-0.25, -0.2) is 0 Å². The molecular weight excluding hydrogens is 353 g/mol. The van der Waals surface area contributed by atoms with Crippen molar-refractivity contribution in [3.63, 3.8) is 0 Å². The molecule has 0 amide bonds. The molecule has 1 aromatic carbocycles. The van der Waals surface area contributed by atoms with Gasteiger partial charge in [-0.2, -0.15) is 5.10 Å². The van der Waals surface area contributed by atoms with E-state index in [2.05, 4.69) is 52.0 Å². The summed E-state index contributed by atoms with van der Waals surface area (Å²) in [5.74, 6) is 1.28.